The smallest absolute Gasteiger partial charge is 0.312 e. The number of nitrogens with zero attached hydrogens (tertiary/aromatic N) is 5. The van der Waals surface area contributed by atoms with E-state index in [1.54, 1.807) is 63.1 Å². The molecule has 4 rings (SSSR count). The number of amides is 1. The van der Waals surface area contributed by atoms with Crippen molar-refractivity contribution in [3.8, 4) is 28.3 Å². The summed E-state index contributed by atoms with van der Waals surface area (Å²) in [6, 6.07) is 14.8. The van der Waals surface area contributed by atoms with E-state index in [9.17, 15) is 19.5 Å². The number of rotatable bonds is 8. The first kappa shape index (κ1) is 27.9. The topological polar surface area (TPSA) is 131 Å². The average molecular weight is 546 g/mol. The summed E-state index contributed by atoms with van der Waals surface area (Å²) < 4.78 is 24.6. The predicted octanol–water partition coefficient (Wildman–Crippen LogP) is 5.68. The van der Waals surface area contributed by atoms with E-state index in [1.165, 1.54) is 11.0 Å². The number of pyridine rings is 2. The quantitative estimate of drug-likeness (QED) is 0.221. The number of aromatic nitrogens is 3. The molecule has 0 aliphatic carbocycles. The molecule has 0 saturated heterocycles. The summed E-state index contributed by atoms with van der Waals surface area (Å²) in [6.45, 7) is 8.21. The van der Waals surface area contributed by atoms with Crippen LogP contribution >= 0.6 is 7.82 Å². The van der Waals surface area contributed by atoms with Gasteiger partial charge in [0.2, 0.25) is 5.91 Å². The molecule has 3 heterocycles. The van der Waals surface area contributed by atoms with Gasteiger partial charge in [0, 0.05) is 47.8 Å². The summed E-state index contributed by atoms with van der Waals surface area (Å²) >= 11 is 0. The Kier molecular flexibility index (Phi) is 7.82. The van der Waals surface area contributed by atoms with Crippen LogP contribution in [-0.4, -0.2) is 38.0 Å². The van der Waals surface area contributed by atoms with E-state index in [4.69, 9.17) is 9.05 Å². The standard InChI is InChI=1S/C28H28N5O5P/c1-6-26(34)32(5)23-9-7-8-19(13-23)21-14-24-25(20-10-11-30-22(12-20)15-29)17-33(27(24)31-16-21)18-37-39(35,36)38-28(2,3)4/h6-14,16-17H,1,18H2,2-5H3,(H,35,36). The zero-order valence-corrected chi connectivity index (χ0v) is 22.9. The third-order valence-electron chi connectivity index (χ3n) is 5.72. The van der Waals surface area contributed by atoms with E-state index < -0.39 is 13.4 Å². The Bertz CT molecular complexity index is 1650. The van der Waals surface area contributed by atoms with Crippen molar-refractivity contribution in [2.24, 2.45) is 0 Å². The van der Waals surface area contributed by atoms with Crippen LogP contribution in [0.2, 0.25) is 0 Å². The van der Waals surface area contributed by atoms with E-state index >= 15 is 0 Å². The number of carbonyl (C=O) groups excluding carboxylic acids is 1. The van der Waals surface area contributed by atoms with Gasteiger partial charge in [-0.15, -0.1) is 0 Å². The number of likely N-dealkylation sites (N-methyl/N-ethyl adjacent to an activating group) is 1. The highest BCUT2D eigenvalue weighted by atomic mass is 31.2. The molecule has 0 aliphatic rings. The SMILES string of the molecule is C=CC(=O)N(C)c1cccc(-c2cnc3c(c2)c(-c2ccnc(C#N)c2)cn3COP(=O)(O)OC(C)(C)C)c1. The van der Waals surface area contributed by atoms with Crippen molar-refractivity contribution in [2.75, 3.05) is 11.9 Å². The molecular weight excluding hydrogens is 517 g/mol. The minimum Gasteiger partial charge on any atom is -0.312 e. The summed E-state index contributed by atoms with van der Waals surface area (Å²) in [7, 11) is -2.69. The van der Waals surface area contributed by atoms with Gasteiger partial charge in [0.05, 0.1) is 5.60 Å². The molecule has 200 valence electrons. The Balaban J connectivity index is 1.80. The van der Waals surface area contributed by atoms with Crippen molar-refractivity contribution in [1.29, 1.82) is 5.26 Å². The van der Waals surface area contributed by atoms with Gasteiger partial charge in [0.1, 0.15) is 24.1 Å². The Morgan fingerprint density at radius 2 is 1.97 bits per heavy atom. The number of phosphoric ester groups is 1. The molecule has 1 aromatic carbocycles. The maximum Gasteiger partial charge on any atom is 0.474 e. The normalized spacial score (nSPS) is 13.0. The highest BCUT2D eigenvalue weighted by Crippen LogP contribution is 2.47. The molecule has 1 N–H and O–H groups in total. The van der Waals surface area contributed by atoms with Crippen molar-refractivity contribution < 1.29 is 23.3 Å². The molecule has 39 heavy (non-hydrogen) atoms. The Hall–Kier alpha value is -4.13. The van der Waals surface area contributed by atoms with Crippen LogP contribution in [0.4, 0.5) is 5.69 Å². The Morgan fingerprint density at radius 3 is 2.67 bits per heavy atom. The Morgan fingerprint density at radius 1 is 1.21 bits per heavy atom. The molecule has 0 aliphatic heterocycles. The summed E-state index contributed by atoms with van der Waals surface area (Å²) in [5, 5.41) is 10.1. The van der Waals surface area contributed by atoms with E-state index in [-0.39, 0.29) is 18.3 Å². The molecule has 1 unspecified atom stereocenters. The third-order valence-corrected chi connectivity index (χ3v) is 6.94. The molecule has 3 aromatic heterocycles. The number of benzene rings is 1. The number of nitriles is 1. The molecular formula is C28H28N5O5P. The number of phosphoric acid groups is 1. The van der Waals surface area contributed by atoms with Gasteiger partial charge in [-0.25, -0.2) is 14.5 Å². The summed E-state index contributed by atoms with van der Waals surface area (Å²) in [6.07, 6.45) is 6.20. The molecule has 0 bridgehead atoms. The lowest BCUT2D eigenvalue weighted by atomic mass is 10.0. The number of hydrogen-bond donors (Lipinski definition) is 1. The van der Waals surface area contributed by atoms with Crippen LogP contribution in [0.15, 0.2) is 73.7 Å². The van der Waals surface area contributed by atoms with Crippen LogP contribution in [0.5, 0.6) is 0 Å². The second-order valence-corrected chi connectivity index (χ2v) is 11.1. The fourth-order valence-electron chi connectivity index (χ4n) is 3.98. The van der Waals surface area contributed by atoms with Gasteiger partial charge in [0.15, 0.2) is 0 Å². The van der Waals surface area contributed by atoms with E-state index in [2.05, 4.69) is 16.5 Å². The summed E-state index contributed by atoms with van der Waals surface area (Å²) in [5.41, 5.74) is 3.59. The van der Waals surface area contributed by atoms with Gasteiger partial charge >= 0.3 is 7.82 Å². The van der Waals surface area contributed by atoms with E-state index in [0.717, 1.165) is 22.1 Å². The van der Waals surface area contributed by atoms with Crippen LogP contribution in [0, 0.1) is 11.3 Å². The fraction of sp³-hybridized carbons (Fsp3) is 0.214. The molecule has 0 fully saturated rings. The van der Waals surface area contributed by atoms with Crippen LogP contribution < -0.4 is 4.90 Å². The fourth-order valence-corrected chi connectivity index (χ4v) is 5.00. The van der Waals surface area contributed by atoms with Gasteiger partial charge in [-0.05, 0) is 68.3 Å². The van der Waals surface area contributed by atoms with Gasteiger partial charge in [-0.3, -0.25) is 13.8 Å². The van der Waals surface area contributed by atoms with Crippen molar-refractivity contribution >= 4 is 30.5 Å². The van der Waals surface area contributed by atoms with Crippen LogP contribution in [0.3, 0.4) is 0 Å². The first-order valence-electron chi connectivity index (χ1n) is 11.9. The average Bonchev–Trinajstić information content (AvgIpc) is 3.28. The number of fused-ring (bicyclic) bond motifs is 1. The first-order valence-corrected chi connectivity index (χ1v) is 13.4. The van der Waals surface area contributed by atoms with Crippen molar-refractivity contribution in [3.63, 3.8) is 0 Å². The second kappa shape index (κ2) is 10.9. The number of hydrogen-bond acceptors (Lipinski definition) is 7. The molecule has 0 saturated carbocycles. The number of anilines is 1. The molecule has 10 nitrogen and oxygen atoms in total. The van der Waals surface area contributed by atoms with Gasteiger partial charge in [-0.1, -0.05) is 18.7 Å². The minimum atomic E-state index is -4.36. The number of carbonyl (C=O) groups is 1. The monoisotopic (exact) mass is 545 g/mol. The zero-order chi connectivity index (χ0) is 28.4. The maximum absolute atomic E-state index is 12.5. The lowest BCUT2D eigenvalue weighted by molar-refractivity contribution is -0.113. The van der Waals surface area contributed by atoms with Gasteiger partial charge in [-0.2, -0.15) is 5.26 Å². The summed E-state index contributed by atoms with van der Waals surface area (Å²) in [4.78, 5) is 32.5. The molecule has 1 atom stereocenters. The third kappa shape index (κ3) is 6.48. The molecule has 11 heteroatoms. The molecule has 1 amide bonds. The predicted molar refractivity (Wildman–Crippen MR) is 148 cm³/mol. The van der Waals surface area contributed by atoms with E-state index in [0.29, 0.717) is 16.9 Å². The highest BCUT2D eigenvalue weighted by Gasteiger charge is 2.29. The second-order valence-electron chi connectivity index (χ2n) is 9.73. The molecule has 0 radical (unpaired) electrons. The molecule has 0 spiro atoms. The first-order chi connectivity index (χ1) is 18.4. The van der Waals surface area contributed by atoms with Gasteiger partial charge in [0.25, 0.3) is 0 Å². The van der Waals surface area contributed by atoms with Crippen molar-refractivity contribution in [1.82, 2.24) is 14.5 Å². The minimum absolute atomic E-state index is 0.234. The lowest BCUT2D eigenvalue weighted by Gasteiger charge is -2.22. The molecule has 4 aromatic rings. The maximum atomic E-state index is 12.5. The Labute approximate surface area is 226 Å². The van der Waals surface area contributed by atoms with Gasteiger partial charge < -0.3 is 14.4 Å². The highest BCUT2D eigenvalue weighted by molar-refractivity contribution is 7.47. The van der Waals surface area contributed by atoms with Crippen LogP contribution in [-0.2, 0) is 25.1 Å². The van der Waals surface area contributed by atoms with E-state index in [1.807, 2.05) is 36.4 Å². The summed E-state index contributed by atoms with van der Waals surface area (Å²) in [5.74, 6) is -0.234. The lowest BCUT2D eigenvalue weighted by Crippen LogP contribution is -2.23. The zero-order valence-electron chi connectivity index (χ0n) is 22.0. The van der Waals surface area contributed by atoms with Crippen molar-refractivity contribution in [3.05, 3.63) is 79.4 Å². The largest absolute Gasteiger partial charge is 0.474 e. The van der Waals surface area contributed by atoms with Crippen LogP contribution in [0.25, 0.3) is 33.3 Å². The van der Waals surface area contributed by atoms with Crippen LogP contribution in [0.1, 0.15) is 26.5 Å². The van der Waals surface area contributed by atoms with Crippen molar-refractivity contribution in [2.45, 2.75) is 33.1 Å².